The van der Waals surface area contributed by atoms with Gasteiger partial charge in [-0.05, 0) is 27.7 Å². The summed E-state index contributed by atoms with van der Waals surface area (Å²) in [7, 11) is -1.57. The van der Waals surface area contributed by atoms with Gasteiger partial charge in [-0.1, -0.05) is 0 Å². The number of nitrogens with one attached hydrogen (secondary N) is 2. The Balaban J connectivity index is 4.15. The highest BCUT2D eigenvalue weighted by Gasteiger charge is 2.28. The Morgan fingerprint density at radius 2 is 1.81 bits per heavy atom. The summed E-state index contributed by atoms with van der Waals surface area (Å²) < 4.78 is 22.7. The lowest BCUT2D eigenvalue weighted by Crippen LogP contribution is -2.43. The highest BCUT2D eigenvalue weighted by molar-refractivity contribution is 7.92. The lowest BCUT2D eigenvalue weighted by atomic mass is 10.3. The number of rotatable bonds is 5. The zero-order valence-electron chi connectivity index (χ0n) is 10.6. The van der Waals surface area contributed by atoms with Crippen LogP contribution in [0.4, 0.5) is 0 Å². The Labute approximate surface area is 97.9 Å². The van der Waals surface area contributed by atoms with Gasteiger partial charge in [-0.3, -0.25) is 4.79 Å². The minimum atomic E-state index is -3.12. The maximum Gasteiger partial charge on any atom is 0.236 e. The van der Waals surface area contributed by atoms with Crippen molar-refractivity contribution < 1.29 is 13.2 Å². The average molecular weight is 250 g/mol. The Kier molecular flexibility index (Phi) is 5.41. The summed E-state index contributed by atoms with van der Waals surface area (Å²) >= 11 is 0. The Hall–Kier alpha value is -0.620. The van der Waals surface area contributed by atoms with Crippen LogP contribution in [0, 0.1) is 0 Å². The van der Waals surface area contributed by atoms with E-state index in [1.165, 1.54) is 0 Å². The minimum Gasteiger partial charge on any atom is -0.358 e. The molecule has 16 heavy (non-hydrogen) atoms. The fourth-order valence-corrected chi connectivity index (χ4v) is 2.02. The van der Waals surface area contributed by atoms with Crippen molar-refractivity contribution in [3.63, 3.8) is 0 Å². The van der Waals surface area contributed by atoms with Crippen LogP contribution in [-0.2, 0) is 14.6 Å². The van der Waals surface area contributed by atoms with E-state index in [2.05, 4.69) is 10.6 Å². The topological polar surface area (TPSA) is 75.3 Å². The first kappa shape index (κ1) is 15.4. The van der Waals surface area contributed by atoms with Crippen molar-refractivity contribution in [3.8, 4) is 0 Å². The molecule has 0 aromatic rings. The van der Waals surface area contributed by atoms with Gasteiger partial charge in [0.05, 0.1) is 16.5 Å². The molecule has 0 radical (unpaired) electrons. The van der Waals surface area contributed by atoms with E-state index in [1.54, 1.807) is 34.7 Å². The molecule has 0 heterocycles. The second-order valence-electron chi connectivity index (χ2n) is 4.72. The first-order valence-corrected chi connectivity index (χ1v) is 6.94. The second-order valence-corrected chi connectivity index (χ2v) is 7.58. The zero-order valence-corrected chi connectivity index (χ0v) is 11.4. The van der Waals surface area contributed by atoms with Crippen LogP contribution < -0.4 is 10.6 Å². The van der Waals surface area contributed by atoms with Crippen molar-refractivity contribution in [2.75, 3.05) is 19.3 Å². The fourth-order valence-electron chi connectivity index (χ4n) is 1.03. The van der Waals surface area contributed by atoms with E-state index in [9.17, 15) is 13.2 Å². The number of hydrogen-bond acceptors (Lipinski definition) is 4. The van der Waals surface area contributed by atoms with E-state index >= 15 is 0 Å². The van der Waals surface area contributed by atoms with Gasteiger partial charge in [0.1, 0.15) is 0 Å². The van der Waals surface area contributed by atoms with Gasteiger partial charge in [-0.2, -0.15) is 0 Å². The first-order valence-electron chi connectivity index (χ1n) is 5.29. The third-order valence-corrected chi connectivity index (χ3v) is 5.00. The van der Waals surface area contributed by atoms with Crippen molar-refractivity contribution in [3.05, 3.63) is 0 Å². The molecule has 0 aromatic carbocycles. The molecule has 0 spiro atoms. The van der Waals surface area contributed by atoms with Crippen LogP contribution in [0.5, 0.6) is 0 Å². The number of sulfone groups is 1. The van der Waals surface area contributed by atoms with Gasteiger partial charge < -0.3 is 10.6 Å². The summed E-state index contributed by atoms with van der Waals surface area (Å²) in [6, 6.07) is -0.375. The molecule has 6 heteroatoms. The summed E-state index contributed by atoms with van der Waals surface area (Å²) in [5.74, 6) is -0.106. The van der Waals surface area contributed by atoms with Crippen LogP contribution in [0.3, 0.4) is 0 Å². The summed E-state index contributed by atoms with van der Waals surface area (Å²) in [6.07, 6.45) is 0. The summed E-state index contributed by atoms with van der Waals surface area (Å²) in [6.45, 7) is 7.00. The van der Waals surface area contributed by atoms with E-state index in [4.69, 9.17) is 0 Å². The van der Waals surface area contributed by atoms with Crippen molar-refractivity contribution in [1.29, 1.82) is 0 Å². The molecule has 5 nitrogen and oxygen atoms in total. The first-order chi connectivity index (χ1) is 7.12. The van der Waals surface area contributed by atoms with E-state index in [0.717, 1.165) is 0 Å². The van der Waals surface area contributed by atoms with Crippen molar-refractivity contribution in [2.45, 2.75) is 38.5 Å². The van der Waals surface area contributed by atoms with Gasteiger partial charge in [0, 0.05) is 13.6 Å². The smallest absolute Gasteiger partial charge is 0.236 e. The van der Waals surface area contributed by atoms with Gasteiger partial charge >= 0.3 is 0 Å². The Bertz CT molecular complexity index is 330. The lowest BCUT2D eigenvalue weighted by molar-refractivity contribution is -0.122. The van der Waals surface area contributed by atoms with E-state index < -0.39 is 14.6 Å². The number of amides is 1. The Morgan fingerprint density at radius 3 is 2.19 bits per heavy atom. The van der Waals surface area contributed by atoms with Crippen LogP contribution >= 0.6 is 0 Å². The molecular weight excluding hydrogens is 228 g/mol. The van der Waals surface area contributed by atoms with Gasteiger partial charge in [-0.25, -0.2) is 8.42 Å². The van der Waals surface area contributed by atoms with E-state index in [-0.39, 0.29) is 24.2 Å². The molecule has 0 rings (SSSR count). The lowest BCUT2D eigenvalue weighted by Gasteiger charge is -2.20. The highest BCUT2D eigenvalue weighted by Crippen LogP contribution is 2.15. The molecule has 1 atom stereocenters. The van der Waals surface area contributed by atoms with Gasteiger partial charge in [0.15, 0.2) is 9.84 Å². The Morgan fingerprint density at radius 1 is 1.31 bits per heavy atom. The zero-order chi connectivity index (χ0) is 13.0. The second kappa shape index (κ2) is 5.63. The molecule has 1 unspecified atom stereocenters. The van der Waals surface area contributed by atoms with Crippen LogP contribution in [0.2, 0.25) is 0 Å². The van der Waals surface area contributed by atoms with Crippen molar-refractivity contribution >= 4 is 15.7 Å². The highest BCUT2D eigenvalue weighted by atomic mass is 32.2. The predicted molar refractivity (Wildman–Crippen MR) is 65.1 cm³/mol. The number of hydrogen-bond donors (Lipinski definition) is 2. The van der Waals surface area contributed by atoms with Crippen LogP contribution in [0.1, 0.15) is 27.7 Å². The third kappa shape index (κ3) is 4.49. The molecule has 0 aliphatic rings. The SMILES string of the molecule is CNC(=O)C(C)NCCS(=O)(=O)C(C)(C)C. The molecule has 0 bridgehead atoms. The van der Waals surface area contributed by atoms with Crippen LogP contribution in [0.25, 0.3) is 0 Å². The third-order valence-electron chi connectivity index (χ3n) is 2.39. The largest absolute Gasteiger partial charge is 0.358 e. The fraction of sp³-hybridized carbons (Fsp3) is 0.900. The minimum absolute atomic E-state index is 0.0395. The maximum atomic E-state index is 11.7. The summed E-state index contributed by atoms with van der Waals surface area (Å²) in [5, 5.41) is 5.36. The predicted octanol–water partition coefficient (Wildman–Crippen LogP) is -0.0762. The molecule has 0 aromatic heterocycles. The van der Waals surface area contributed by atoms with Crippen molar-refractivity contribution in [1.82, 2.24) is 10.6 Å². The summed E-state index contributed by atoms with van der Waals surface area (Å²) in [5.41, 5.74) is 0. The van der Waals surface area contributed by atoms with Gasteiger partial charge in [0.2, 0.25) is 5.91 Å². The number of carbonyl (C=O) groups is 1. The van der Waals surface area contributed by atoms with Crippen LogP contribution in [0.15, 0.2) is 0 Å². The molecule has 1 amide bonds. The molecule has 0 aliphatic heterocycles. The normalized spacial score (nSPS) is 14.6. The van der Waals surface area contributed by atoms with E-state index in [1.807, 2.05) is 0 Å². The monoisotopic (exact) mass is 250 g/mol. The van der Waals surface area contributed by atoms with Gasteiger partial charge in [-0.15, -0.1) is 0 Å². The van der Waals surface area contributed by atoms with Crippen molar-refractivity contribution in [2.24, 2.45) is 0 Å². The molecule has 0 saturated carbocycles. The quantitative estimate of drug-likeness (QED) is 0.716. The number of carbonyl (C=O) groups excluding carboxylic acids is 1. The molecular formula is C10H22N2O3S. The number of likely N-dealkylation sites (N-methyl/N-ethyl adjacent to an activating group) is 1. The molecule has 0 fully saturated rings. The maximum absolute atomic E-state index is 11.7. The standard InChI is InChI=1S/C10H22N2O3S/c1-8(9(13)11-5)12-6-7-16(14,15)10(2,3)4/h8,12H,6-7H2,1-5H3,(H,11,13). The molecule has 2 N–H and O–H groups in total. The van der Waals surface area contributed by atoms with E-state index in [0.29, 0.717) is 0 Å². The molecule has 0 saturated heterocycles. The van der Waals surface area contributed by atoms with Gasteiger partial charge in [0.25, 0.3) is 0 Å². The molecule has 96 valence electrons. The summed E-state index contributed by atoms with van der Waals surface area (Å²) in [4.78, 5) is 11.1. The molecule has 0 aliphatic carbocycles. The van der Waals surface area contributed by atoms with Crippen LogP contribution in [-0.4, -0.2) is 44.5 Å². The average Bonchev–Trinajstić information content (AvgIpc) is 2.14.